The molecule has 0 aliphatic rings. The minimum atomic E-state index is -0.889. The van der Waals surface area contributed by atoms with Crippen LogP contribution in [0.15, 0.2) is 18.3 Å². The number of hydrogen-bond donors (Lipinski definition) is 0. The number of methoxy groups -OCH3 is 1. The summed E-state index contributed by atoms with van der Waals surface area (Å²) in [5.74, 6) is 1.28. The van der Waals surface area contributed by atoms with E-state index in [1.165, 1.54) is 13.3 Å². The zero-order valence-electron chi connectivity index (χ0n) is 11.0. The van der Waals surface area contributed by atoms with Crippen LogP contribution in [0.25, 0.3) is 0 Å². The highest BCUT2D eigenvalue weighted by atomic mass is 32.2. The molecule has 1 unspecified atom stereocenters. The summed E-state index contributed by atoms with van der Waals surface area (Å²) < 4.78 is 16.4. The van der Waals surface area contributed by atoms with Gasteiger partial charge in [-0.05, 0) is 24.5 Å². The van der Waals surface area contributed by atoms with Gasteiger partial charge in [-0.25, -0.2) is 4.79 Å². The van der Waals surface area contributed by atoms with Crippen molar-refractivity contribution >= 4 is 16.8 Å². The third-order valence-corrected chi connectivity index (χ3v) is 3.79. The van der Waals surface area contributed by atoms with E-state index in [-0.39, 0.29) is 0 Å². The van der Waals surface area contributed by atoms with Crippen LogP contribution in [0.5, 0.6) is 0 Å². The van der Waals surface area contributed by atoms with Crippen LogP contribution in [0, 0.1) is 5.92 Å². The number of carbonyl (C=O) groups excluding carboxylic acids is 1. The largest absolute Gasteiger partial charge is 0.465 e. The van der Waals surface area contributed by atoms with Crippen LogP contribution in [-0.2, 0) is 21.3 Å². The maximum atomic E-state index is 11.8. The van der Waals surface area contributed by atoms with Crippen LogP contribution in [0.1, 0.15) is 36.3 Å². The van der Waals surface area contributed by atoms with Crippen LogP contribution in [-0.4, -0.2) is 28.0 Å². The fraction of sp³-hybridized carbons (Fsp3) is 0.538. The van der Waals surface area contributed by atoms with Crippen molar-refractivity contribution in [1.29, 1.82) is 0 Å². The molecule has 0 aliphatic heterocycles. The van der Waals surface area contributed by atoms with Crippen LogP contribution >= 0.6 is 0 Å². The second-order valence-corrected chi connectivity index (χ2v) is 6.08. The van der Waals surface area contributed by atoms with Crippen molar-refractivity contribution in [2.24, 2.45) is 5.92 Å². The molecule has 5 heteroatoms. The zero-order valence-corrected chi connectivity index (χ0v) is 11.8. The van der Waals surface area contributed by atoms with Gasteiger partial charge in [0.05, 0.1) is 24.1 Å². The molecule has 4 nitrogen and oxygen atoms in total. The lowest BCUT2D eigenvalue weighted by Gasteiger charge is -2.05. The van der Waals surface area contributed by atoms with Gasteiger partial charge in [0, 0.05) is 22.7 Å². The van der Waals surface area contributed by atoms with E-state index in [0.717, 1.165) is 12.1 Å². The fourth-order valence-electron chi connectivity index (χ4n) is 1.35. The Bertz CT molecular complexity index is 415. The van der Waals surface area contributed by atoms with E-state index in [0.29, 0.717) is 23.0 Å². The van der Waals surface area contributed by atoms with Crippen molar-refractivity contribution in [2.45, 2.75) is 26.0 Å². The molecule has 0 saturated carbocycles. The van der Waals surface area contributed by atoms with Gasteiger partial charge in [0.1, 0.15) is 0 Å². The molecule has 0 aliphatic carbocycles. The summed E-state index contributed by atoms with van der Waals surface area (Å²) in [6, 6.07) is 3.37. The quantitative estimate of drug-likeness (QED) is 0.743. The predicted octanol–water partition coefficient (Wildman–Crippen LogP) is 2.16. The van der Waals surface area contributed by atoms with Gasteiger partial charge in [0.25, 0.3) is 0 Å². The van der Waals surface area contributed by atoms with Crippen LogP contribution in [0.3, 0.4) is 0 Å². The molecule has 0 amide bonds. The molecule has 0 bridgehead atoms. The average molecular weight is 269 g/mol. The van der Waals surface area contributed by atoms with Gasteiger partial charge in [0.15, 0.2) is 0 Å². The topological polar surface area (TPSA) is 56.3 Å². The average Bonchev–Trinajstić information content (AvgIpc) is 2.36. The Hall–Kier alpha value is -1.23. The van der Waals surface area contributed by atoms with Gasteiger partial charge in [-0.3, -0.25) is 9.19 Å². The molecule has 1 heterocycles. The van der Waals surface area contributed by atoms with Crippen LogP contribution in [0.4, 0.5) is 0 Å². The maximum Gasteiger partial charge on any atom is 0.339 e. The molecule has 1 aromatic heterocycles. The second-order valence-electron chi connectivity index (χ2n) is 4.50. The van der Waals surface area contributed by atoms with Gasteiger partial charge >= 0.3 is 5.97 Å². The first-order valence-electron chi connectivity index (χ1n) is 5.91. The van der Waals surface area contributed by atoms with Crippen molar-refractivity contribution in [2.75, 3.05) is 12.9 Å². The minimum Gasteiger partial charge on any atom is -0.465 e. The zero-order chi connectivity index (χ0) is 13.5. The normalized spacial score (nSPS) is 12.4. The molecule has 100 valence electrons. The van der Waals surface area contributed by atoms with E-state index < -0.39 is 16.8 Å². The summed E-state index contributed by atoms with van der Waals surface area (Å²) in [6.07, 6.45) is 2.41. The first-order chi connectivity index (χ1) is 8.52. The third kappa shape index (κ3) is 4.96. The molecule has 0 N–H and O–H groups in total. The molecule has 0 radical (unpaired) electrons. The highest BCUT2D eigenvalue weighted by Crippen LogP contribution is 2.07. The number of rotatable bonds is 6. The van der Waals surface area contributed by atoms with Crippen molar-refractivity contribution in [1.82, 2.24) is 4.98 Å². The minimum absolute atomic E-state index is 0.407. The maximum absolute atomic E-state index is 11.8. The highest BCUT2D eigenvalue weighted by Gasteiger charge is 2.08. The molecule has 1 atom stereocenters. The number of esters is 1. The fourth-order valence-corrected chi connectivity index (χ4v) is 2.73. The smallest absolute Gasteiger partial charge is 0.339 e. The molecular weight excluding hydrogens is 250 g/mol. The Labute approximate surface area is 110 Å². The number of nitrogens with zero attached hydrogens (tertiary/aromatic N) is 1. The standard InChI is InChI=1S/C13H19NO3S/c1-10(2)6-7-18(16)9-12-5-4-11(8-14-12)13(15)17-3/h4-5,8,10H,6-7,9H2,1-3H3. The van der Waals surface area contributed by atoms with Crippen molar-refractivity contribution in [3.05, 3.63) is 29.6 Å². The molecule has 0 saturated heterocycles. The summed E-state index contributed by atoms with van der Waals surface area (Å²) >= 11 is 0. The molecule has 0 aromatic carbocycles. The molecule has 0 spiro atoms. The number of hydrogen-bond acceptors (Lipinski definition) is 4. The Morgan fingerprint density at radius 2 is 2.17 bits per heavy atom. The van der Waals surface area contributed by atoms with E-state index >= 15 is 0 Å². The molecule has 0 fully saturated rings. The second kappa shape index (κ2) is 7.26. The van der Waals surface area contributed by atoms with Crippen molar-refractivity contribution < 1.29 is 13.7 Å². The van der Waals surface area contributed by atoms with E-state index in [2.05, 4.69) is 23.6 Å². The molecular formula is C13H19NO3S. The van der Waals surface area contributed by atoms with Gasteiger partial charge in [-0.15, -0.1) is 0 Å². The first-order valence-corrected chi connectivity index (χ1v) is 7.40. The van der Waals surface area contributed by atoms with E-state index in [4.69, 9.17) is 0 Å². The summed E-state index contributed by atoms with van der Waals surface area (Å²) in [4.78, 5) is 15.3. The summed E-state index contributed by atoms with van der Waals surface area (Å²) in [5.41, 5.74) is 1.15. The Morgan fingerprint density at radius 1 is 1.44 bits per heavy atom. The Balaban J connectivity index is 2.53. The third-order valence-electron chi connectivity index (χ3n) is 2.48. The van der Waals surface area contributed by atoms with Gasteiger partial charge in [0.2, 0.25) is 0 Å². The highest BCUT2D eigenvalue weighted by molar-refractivity contribution is 7.84. The predicted molar refractivity (Wildman–Crippen MR) is 71.7 cm³/mol. The van der Waals surface area contributed by atoms with Crippen LogP contribution in [0.2, 0.25) is 0 Å². The van der Waals surface area contributed by atoms with E-state index in [1.807, 2.05) is 0 Å². The molecule has 1 rings (SSSR count). The lowest BCUT2D eigenvalue weighted by atomic mass is 10.2. The van der Waals surface area contributed by atoms with Gasteiger partial charge in [-0.1, -0.05) is 13.8 Å². The summed E-state index contributed by atoms with van der Waals surface area (Å²) in [6.45, 7) is 4.22. The summed E-state index contributed by atoms with van der Waals surface area (Å²) in [7, 11) is 0.441. The first kappa shape index (κ1) is 14.8. The van der Waals surface area contributed by atoms with Gasteiger partial charge < -0.3 is 4.74 Å². The van der Waals surface area contributed by atoms with Crippen molar-refractivity contribution in [3.8, 4) is 0 Å². The Kier molecular flexibility index (Phi) is 5.98. The molecule has 18 heavy (non-hydrogen) atoms. The Morgan fingerprint density at radius 3 is 2.67 bits per heavy atom. The number of pyridine rings is 1. The van der Waals surface area contributed by atoms with E-state index in [9.17, 15) is 9.00 Å². The number of carbonyl (C=O) groups is 1. The lowest BCUT2D eigenvalue weighted by molar-refractivity contribution is 0.0600. The molecule has 1 aromatic rings. The number of aromatic nitrogens is 1. The monoisotopic (exact) mass is 269 g/mol. The van der Waals surface area contributed by atoms with Crippen molar-refractivity contribution in [3.63, 3.8) is 0 Å². The van der Waals surface area contributed by atoms with Crippen LogP contribution < -0.4 is 0 Å². The van der Waals surface area contributed by atoms with E-state index in [1.54, 1.807) is 12.1 Å². The number of ether oxygens (including phenoxy) is 1. The van der Waals surface area contributed by atoms with Gasteiger partial charge in [-0.2, -0.15) is 0 Å². The SMILES string of the molecule is COC(=O)c1ccc(CS(=O)CCC(C)C)nc1. The summed E-state index contributed by atoms with van der Waals surface area (Å²) in [5, 5.41) is 0. The lowest BCUT2D eigenvalue weighted by Crippen LogP contribution is -2.06.